The molecule has 1 unspecified atom stereocenters. The largest absolute Gasteiger partial charge is 0.377 e. The van der Waals surface area contributed by atoms with Crippen LogP contribution in [0.1, 0.15) is 24.5 Å². The predicted octanol–water partition coefficient (Wildman–Crippen LogP) is 2.31. The van der Waals surface area contributed by atoms with Crippen molar-refractivity contribution in [1.82, 2.24) is 4.90 Å². The molecule has 1 fully saturated rings. The van der Waals surface area contributed by atoms with Gasteiger partial charge in [-0.25, -0.2) is 4.39 Å². The second-order valence-electron chi connectivity index (χ2n) is 4.68. The van der Waals surface area contributed by atoms with Crippen LogP contribution >= 0.6 is 0 Å². The van der Waals surface area contributed by atoms with Crippen LogP contribution in [0.25, 0.3) is 0 Å². The summed E-state index contributed by atoms with van der Waals surface area (Å²) in [7, 11) is 0. The smallest absolute Gasteiger partial charge is 0.123 e. The molecule has 18 heavy (non-hydrogen) atoms. The Morgan fingerprint density at radius 1 is 1.56 bits per heavy atom. The molecule has 1 aromatic rings. The molecule has 1 aliphatic heterocycles. The second-order valence-corrected chi connectivity index (χ2v) is 4.68. The Morgan fingerprint density at radius 3 is 3.17 bits per heavy atom. The van der Waals surface area contributed by atoms with Crippen molar-refractivity contribution in [2.45, 2.75) is 26.0 Å². The zero-order chi connectivity index (χ0) is 13.0. The summed E-state index contributed by atoms with van der Waals surface area (Å²) in [5, 5.41) is 9.03. The van der Waals surface area contributed by atoms with Crippen molar-refractivity contribution in [3.8, 4) is 6.07 Å². The maximum atomic E-state index is 13.2. The molecule has 0 saturated carbocycles. The summed E-state index contributed by atoms with van der Waals surface area (Å²) in [5.74, 6) is -0.289. The number of ether oxygens (including phenoxy) is 1. The van der Waals surface area contributed by atoms with Crippen molar-refractivity contribution < 1.29 is 9.13 Å². The van der Waals surface area contributed by atoms with Gasteiger partial charge in [-0.2, -0.15) is 5.26 Å². The molecule has 0 aromatic heterocycles. The normalized spacial score (nSPS) is 21.3. The molecular weight excluding hydrogens is 231 g/mol. The Balaban J connectivity index is 2.12. The van der Waals surface area contributed by atoms with Gasteiger partial charge in [0.15, 0.2) is 0 Å². The van der Waals surface area contributed by atoms with Crippen molar-refractivity contribution in [1.29, 1.82) is 5.26 Å². The van der Waals surface area contributed by atoms with Gasteiger partial charge in [0.1, 0.15) is 5.82 Å². The quantitative estimate of drug-likeness (QED) is 0.805. The number of hydrogen-bond donors (Lipinski definition) is 0. The standard InChI is InChI=1S/C14H17FN2O/c1-11-9-17(5-2-6-18-11)10-13-7-14(15)4-3-12(13)8-16/h3-4,7,11H,2,5-6,9-10H2,1H3. The molecule has 0 N–H and O–H groups in total. The van der Waals surface area contributed by atoms with E-state index >= 15 is 0 Å². The zero-order valence-corrected chi connectivity index (χ0v) is 10.5. The molecule has 1 aromatic carbocycles. The van der Waals surface area contributed by atoms with E-state index in [1.807, 2.05) is 6.92 Å². The number of nitrogens with zero attached hydrogens (tertiary/aromatic N) is 2. The Bertz CT molecular complexity index is 456. The Labute approximate surface area is 107 Å². The average Bonchev–Trinajstić information content (AvgIpc) is 2.54. The first-order valence-electron chi connectivity index (χ1n) is 6.21. The number of halogens is 1. The van der Waals surface area contributed by atoms with Gasteiger partial charge >= 0.3 is 0 Å². The molecule has 2 rings (SSSR count). The lowest BCUT2D eigenvalue weighted by molar-refractivity contribution is 0.0668. The molecule has 0 aliphatic carbocycles. The van der Waals surface area contributed by atoms with Crippen LogP contribution in [0.4, 0.5) is 4.39 Å². The molecule has 4 heteroatoms. The van der Waals surface area contributed by atoms with Gasteiger partial charge in [-0.3, -0.25) is 4.90 Å². The highest BCUT2D eigenvalue weighted by Crippen LogP contribution is 2.15. The fourth-order valence-electron chi connectivity index (χ4n) is 2.27. The Morgan fingerprint density at radius 2 is 2.39 bits per heavy atom. The third-order valence-electron chi connectivity index (χ3n) is 3.12. The van der Waals surface area contributed by atoms with Crippen LogP contribution in [-0.4, -0.2) is 30.7 Å². The molecule has 0 amide bonds. The highest BCUT2D eigenvalue weighted by atomic mass is 19.1. The number of nitriles is 1. The summed E-state index contributed by atoms with van der Waals surface area (Å²) in [5.41, 5.74) is 1.31. The monoisotopic (exact) mass is 248 g/mol. The van der Waals surface area contributed by atoms with E-state index in [0.717, 1.165) is 31.7 Å². The van der Waals surface area contributed by atoms with Crippen molar-refractivity contribution in [3.63, 3.8) is 0 Å². The van der Waals surface area contributed by atoms with Gasteiger partial charge in [-0.15, -0.1) is 0 Å². The van der Waals surface area contributed by atoms with Crippen LogP contribution in [0, 0.1) is 17.1 Å². The molecule has 1 atom stereocenters. The summed E-state index contributed by atoms with van der Waals surface area (Å²) in [4.78, 5) is 2.22. The summed E-state index contributed by atoms with van der Waals surface area (Å²) < 4.78 is 18.8. The van der Waals surface area contributed by atoms with Gasteiger partial charge in [-0.1, -0.05) is 0 Å². The third-order valence-corrected chi connectivity index (χ3v) is 3.12. The van der Waals surface area contributed by atoms with E-state index in [-0.39, 0.29) is 11.9 Å². The van der Waals surface area contributed by atoms with Crippen molar-refractivity contribution in [3.05, 3.63) is 35.1 Å². The number of rotatable bonds is 2. The van der Waals surface area contributed by atoms with E-state index in [0.29, 0.717) is 12.1 Å². The lowest BCUT2D eigenvalue weighted by Gasteiger charge is -2.22. The Kier molecular flexibility index (Phi) is 4.29. The summed E-state index contributed by atoms with van der Waals surface area (Å²) in [6, 6.07) is 6.44. The van der Waals surface area contributed by atoms with E-state index in [9.17, 15) is 4.39 Å². The first-order chi connectivity index (χ1) is 8.69. The topological polar surface area (TPSA) is 36.3 Å². The van der Waals surface area contributed by atoms with E-state index < -0.39 is 0 Å². The summed E-state index contributed by atoms with van der Waals surface area (Å²) >= 11 is 0. The fraction of sp³-hybridized carbons (Fsp3) is 0.500. The first-order valence-corrected chi connectivity index (χ1v) is 6.21. The van der Waals surface area contributed by atoms with Crippen LogP contribution in [0.3, 0.4) is 0 Å². The summed E-state index contributed by atoms with van der Waals surface area (Å²) in [6.45, 7) is 5.16. The van der Waals surface area contributed by atoms with Crippen LogP contribution < -0.4 is 0 Å². The maximum Gasteiger partial charge on any atom is 0.123 e. The molecule has 0 bridgehead atoms. The van der Waals surface area contributed by atoms with Gasteiger partial charge in [0.2, 0.25) is 0 Å². The molecule has 1 heterocycles. The molecule has 1 saturated heterocycles. The predicted molar refractivity (Wildman–Crippen MR) is 66.4 cm³/mol. The minimum atomic E-state index is -0.289. The molecule has 3 nitrogen and oxygen atoms in total. The lowest BCUT2D eigenvalue weighted by Crippen LogP contribution is -2.30. The molecule has 0 spiro atoms. The molecule has 1 aliphatic rings. The first kappa shape index (κ1) is 13.0. The highest BCUT2D eigenvalue weighted by molar-refractivity contribution is 5.37. The van der Waals surface area contributed by atoms with Crippen LogP contribution in [0.2, 0.25) is 0 Å². The fourth-order valence-corrected chi connectivity index (χ4v) is 2.27. The summed E-state index contributed by atoms with van der Waals surface area (Å²) in [6.07, 6.45) is 1.16. The maximum absolute atomic E-state index is 13.2. The van der Waals surface area contributed by atoms with Gasteiger partial charge in [0.25, 0.3) is 0 Å². The van der Waals surface area contributed by atoms with E-state index in [1.54, 1.807) is 6.07 Å². The number of benzene rings is 1. The van der Waals surface area contributed by atoms with Crippen molar-refractivity contribution >= 4 is 0 Å². The van der Waals surface area contributed by atoms with E-state index in [2.05, 4.69) is 11.0 Å². The molecule has 96 valence electrons. The number of hydrogen-bond acceptors (Lipinski definition) is 3. The van der Waals surface area contributed by atoms with Gasteiger partial charge in [-0.05, 0) is 37.1 Å². The minimum absolute atomic E-state index is 0.187. The average molecular weight is 248 g/mol. The molecular formula is C14H17FN2O. The lowest BCUT2D eigenvalue weighted by atomic mass is 10.1. The van der Waals surface area contributed by atoms with E-state index in [4.69, 9.17) is 10.00 Å². The third kappa shape index (κ3) is 3.28. The van der Waals surface area contributed by atoms with Gasteiger partial charge in [0, 0.05) is 26.2 Å². The zero-order valence-electron chi connectivity index (χ0n) is 10.5. The van der Waals surface area contributed by atoms with Gasteiger partial charge in [0.05, 0.1) is 17.7 Å². The van der Waals surface area contributed by atoms with Crippen molar-refractivity contribution in [2.75, 3.05) is 19.7 Å². The van der Waals surface area contributed by atoms with Crippen LogP contribution in [0.5, 0.6) is 0 Å². The highest BCUT2D eigenvalue weighted by Gasteiger charge is 2.16. The van der Waals surface area contributed by atoms with Gasteiger partial charge < -0.3 is 4.74 Å². The van der Waals surface area contributed by atoms with Crippen LogP contribution in [0.15, 0.2) is 18.2 Å². The Hall–Kier alpha value is -1.44. The van der Waals surface area contributed by atoms with Crippen molar-refractivity contribution in [2.24, 2.45) is 0 Å². The second kappa shape index (κ2) is 5.94. The minimum Gasteiger partial charge on any atom is -0.377 e. The van der Waals surface area contributed by atoms with E-state index in [1.165, 1.54) is 12.1 Å². The molecule has 0 radical (unpaired) electrons. The SMILES string of the molecule is CC1CN(Cc2cc(F)ccc2C#N)CCCO1. The van der Waals surface area contributed by atoms with Crippen LogP contribution in [-0.2, 0) is 11.3 Å².